The normalized spacial score (nSPS) is 10.7. The number of nitrogen functional groups attached to an aromatic ring is 1. The molecule has 2 aromatic rings. The van der Waals surface area contributed by atoms with E-state index in [0.717, 1.165) is 0 Å². The van der Waals surface area contributed by atoms with Crippen LogP contribution in [-0.4, -0.2) is 5.78 Å². The zero-order valence-corrected chi connectivity index (χ0v) is 10.4. The van der Waals surface area contributed by atoms with Gasteiger partial charge in [-0.15, -0.1) is 0 Å². The van der Waals surface area contributed by atoms with E-state index in [0.29, 0.717) is 24.3 Å². The van der Waals surface area contributed by atoms with Gasteiger partial charge in [-0.1, -0.05) is 11.6 Å². The molecule has 0 saturated heterocycles. The van der Waals surface area contributed by atoms with Crippen molar-refractivity contribution in [3.05, 3.63) is 63.7 Å². The lowest BCUT2D eigenvalue weighted by Crippen LogP contribution is -2.09. The van der Waals surface area contributed by atoms with Gasteiger partial charge < -0.3 is 5.73 Å². The minimum absolute atomic E-state index is 0.420. The van der Waals surface area contributed by atoms with Crippen molar-refractivity contribution in [1.29, 1.82) is 0 Å². The van der Waals surface area contributed by atoms with Crippen LogP contribution in [0.2, 0.25) is 5.02 Å². The Bertz CT molecular complexity index is 718. The molecule has 0 aliphatic heterocycles. The van der Waals surface area contributed by atoms with Crippen molar-refractivity contribution < 1.29 is 22.4 Å². The van der Waals surface area contributed by atoms with Gasteiger partial charge in [-0.3, -0.25) is 4.79 Å². The zero-order valence-electron chi connectivity index (χ0n) is 9.68. The van der Waals surface area contributed by atoms with E-state index in [1.807, 2.05) is 0 Å². The highest BCUT2D eigenvalue weighted by atomic mass is 35.5. The largest absolute Gasteiger partial charge is 0.396 e. The van der Waals surface area contributed by atoms with Crippen LogP contribution in [-0.2, 0) is 0 Å². The second kappa shape index (κ2) is 5.13. The second-order valence-corrected chi connectivity index (χ2v) is 4.34. The third kappa shape index (κ3) is 2.46. The maximum atomic E-state index is 13.7. The van der Waals surface area contributed by atoms with E-state index in [1.165, 1.54) is 0 Å². The van der Waals surface area contributed by atoms with Crippen LogP contribution < -0.4 is 5.73 Å². The topological polar surface area (TPSA) is 43.1 Å². The van der Waals surface area contributed by atoms with Crippen LogP contribution in [0, 0.1) is 23.3 Å². The summed E-state index contributed by atoms with van der Waals surface area (Å²) in [6, 6.07) is 2.38. The molecule has 0 fully saturated rings. The third-order valence-electron chi connectivity index (χ3n) is 2.56. The molecule has 2 nitrogen and oxygen atoms in total. The molecule has 0 unspecified atom stereocenters. The molecule has 20 heavy (non-hydrogen) atoms. The first-order valence-electron chi connectivity index (χ1n) is 5.25. The summed E-state index contributed by atoms with van der Waals surface area (Å²) in [4.78, 5) is 12.0. The van der Waals surface area contributed by atoms with Crippen LogP contribution in [0.1, 0.15) is 15.9 Å². The van der Waals surface area contributed by atoms with Crippen LogP contribution in [0.4, 0.5) is 23.2 Å². The number of rotatable bonds is 2. The fourth-order valence-electron chi connectivity index (χ4n) is 1.62. The first-order chi connectivity index (χ1) is 9.31. The van der Waals surface area contributed by atoms with Crippen molar-refractivity contribution in [3.8, 4) is 0 Å². The fourth-order valence-corrected chi connectivity index (χ4v) is 1.85. The Hall–Kier alpha value is -2.08. The summed E-state index contributed by atoms with van der Waals surface area (Å²) in [5, 5.41) is -0.420. The Morgan fingerprint density at radius 3 is 2.20 bits per heavy atom. The molecule has 0 bridgehead atoms. The van der Waals surface area contributed by atoms with Gasteiger partial charge in [0.05, 0.1) is 16.3 Å². The molecule has 2 aromatic carbocycles. The SMILES string of the molecule is Nc1cc(F)cc(C(=O)c2cc(F)c(F)cc2Cl)c1F. The Morgan fingerprint density at radius 2 is 1.55 bits per heavy atom. The predicted molar refractivity (Wildman–Crippen MR) is 65.6 cm³/mol. The smallest absolute Gasteiger partial charge is 0.197 e. The van der Waals surface area contributed by atoms with Gasteiger partial charge in [0.2, 0.25) is 0 Å². The third-order valence-corrected chi connectivity index (χ3v) is 2.88. The number of carbonyl (C=O) groups excluding carboxylic acids is 1. The van der Waals surface area contributed by atoms with E-state index in [-0.39, 0.29) is 0 Å². The molecule has 0 aliphatic rings. The van der Waals surface area contributed by atoms with Gasteiger partial charge in [-0.2, -0.15) is 0 Å². The second-order valence-electron chi connectivity index (χ2n) is 3.93. The molecule has 2 N–H and O–H groups in total. The van der Waals surface area contributed by atoms with Crippen molar-refractivity contribution in [2.45, 2.75) is 0 Å². The molecule has 0 radical (unpaired) electrons. The Morgan fingerprint density at radius 1 is 0.950 bits per heavy atom. The van der Waals surface area contributed by atoms with Gasteiger partial charge in [0.15, 0.2) is 23.2 Å². The number of hydrogen-bond donors (Lipinski definition) is 1. The fraction of sp³-hybridized carbons (Fsp3) is 0. The number of ketones is 1. The van der Waals surface area contributed by atoms with Crippen molar-refractivity contribution in [2.24, 2.45) is 0 Å². The van der Waals surface area contributed by atoms with Crippen LogP contribution in [0.5, 0.6) is 0 Å². The van der Waals surface area contributed by atoms with E-state index in [4.69, 9.17) is 17.3 Å². The minimum Gasteiger partial charge on any atom is -0.396 e. The molecule has 7 heteroatoms. The summed E-state index contributed by atoms with van der Waals surface area (Å²) < 4.78 is 52.9. The van der Waals surface area contributed by atoms with Crippen molar-refractivity contribution in [2.75, 3.05) is 5.73 Å². The Kier molecular flexibility index (Phi) is 3.67. The standard InChI is InChI=1S/C13H6ClF4NO/c14-8-4-10(17)9(16)3-6(8)13(20)7-1-5(15)2-11(19)12(7)18/h1-4H,19H2. The average molecular weight is 304 g/mol. The van der Waals surface area contributed by atoms with Gasteiger partial charge in [0.25, 0.3) is 0 Å². The van der Waals surface area contributed by atoms with E-state index < -0.39 is 50.9 Å². The number of hydrogen-bond acceptors (Lipinski definition) is 2. The van der Waals surface area contributed by atoms with Gasteiger partial charge in [0.1, 0.15) is 5.82 Å². The highest BCUT2D eigenvalue weighted by Gasteiger charge is 2.21. The highest BCUT2D eigenvalue weighted by molar-refractivity contribution is 6.35. The quantitative estimate of drug-likeness (QED) is 0.398. The van der Waals surface area contributed by atoms with Crippen LogP contribution in [0.3, 0.4) is 0 Å². The number of carbonyl (C=O) groups is 1. The van der Waals surface area contributed by atoms with Crippen LogP contribution in [0.15, 0.2) is 24.3 Å². The Labute approximate surface area is 115 Å². The molecule has 0 aliphatic carbocycles. The molecule has 2 rings (SSSR count). The van der Waals surface area contributed by atoms with E-state index in [1.54, 1.807) is 0 Å². The number of halogens is 5. The lowest BCUT2D eigenvalue weighted by atomic mass is 10.0. The summed E-state index contributed by atoms with van der Waals surface area (Å²) in [5.41, 5.74) is 3.41. The maximum Gasteiger partial charge on any atom is 0.197 e. The summed E-state index contributed by atoms with van der Waals surface area (Å²) in [7, 11) is 0. The zero-order chi connectivity index (χ0) is 15.0. The molecule has 0 spiro atoms. The van der Waals surface area contributed by atoms with Crippen LogP contribution in [0.25, 0.3) is 0 Å². The van der Waals surface area contributed by atoms with E-state index >= 15 is 0 Å². The molecular formula is C13H6ClF4NO. The molecular weight excluding hydrogens is 298 g/mol. The summed E-state index contributed by atoms with van der Waals surface area (Å²) in [6.45, 7) is 0. The highest BCUT2D eigenvalue weighted by Crippen LogP contribution is 2.26. The van der Waals surface area contributed by atoms with Crippen molar-refractivity contribution in [1.82, 2.24) is 0 Å². The monoisotopic (exact) mass is 303 g/mol. The van der Waals surface area contributed by atoms with E-state index in [2.05, 4.69) is 0 Å². The first kappa shape index (κ1) is 14.3. The molecule has 0 atom stereocenters. The molecule has 104 valence electrons. The number of benzene rings is 2. The minimum atomic E-state index is -1.33. The summed E-state index contributed by atoms with van der Waals surface area (Å²) in [6.07, 6.45) is 0. The van der Waals surface area contributed by atoms with Gasteiger partial charge in [-0.25, -0.2) is 17.6 Å². The Balaban J connectivity index is 2.60. The molecule has 0 amide bonds. The molecule has 0 aromatic heterocycles. The van der Waals surface area contributed by atoms with Gasteiger partial charge in [0, 0.05) is 5.56 Å². The molecule has 0 saturated carbocycles. The van der Waals surface area contributed by atoms with Crippen molar-refractivity contribution in [3.63, 3.8) is 0 Å². The average Bonchev–Trinajstić information content (AvgIpc) is 2.37. The lowest BCUT2D eigenvalue weighted by molar-refractivity contribution is 0.103. The summed E-state index contributed by atoms with van der Waals surface area (Å²) >= 11 is 5.60. The molecule has 0 heterocycles. The van der Waals surface area contributed by atoms with Crippen molar-refractivity contribution >= 4 is 23.1 Å². The number of anilines is 1. The van der Waals surface area contributed by atoms with Gasteiger partial charge >= 0.3 is 0 Å². The van der Waals surface area contributed by atoms with Crippen LogP contribution >= 0.6 is 11.6 Å². The lowest BCUT2D eigenvalue weighted by Gasteiger charge is -2.07. The predicted octanol–water partition coefficient (Wildman–Crippen LogP) is 3.71. The van der Waals surface area contributed by atoms with Gasteiger partial charge in [-0.05, 0) is 24.3 Å². The van der Waals surface area contributed by atoms with E-state index in [9.17, 15) is 22.4 Å². The maximum absolute atomic E-state index is 13.7. The first-order valence-corrected chi connectivity index (χ1v) is 5.63. The summed E-state index contributed by atoms with van der Waals surface area (Å²) in [5.74, 6) is -5.78. The number of nitrogens with two attached hydrogens (primary N) is 1.